The summed E-state index contributed by atoms with van der Waals surface area (Å²) in [5.74, 6) is -0.402. The average molecular weight is 293 g/mol. The van der Waals surface area contributed by atoms with Gasteiger partial charge >= 0.3 is 6.36 Å². The summed E-state index contributed by atoms with van der Waals surface area (Å²) in [5.41, 5.74) is 6.11. The van der Waals surface area contributed by atoms with E-state index in [0.717, 1.165) is 6.07 Å². The Kier molecular flexibility index (Phi) is 5.80. The molecule has 0 aliphatic heterocycles. The third-order valence-corrected chi connectivity index (χ3v) is 2.87. The van der Waals surface area contributed by atoms with Crippen LogP contribution in [0.15, 0.2) is 18.2 Å². The number of hydrogen-bond donors (Lipinski definition) is 1. The molecule has 0 saturated carbocycles. The fourth-order valence-electron chi connectivity index (χ4n) is 1.82. The van der Waals surface area contributed by atoms with Gasteiger partial charge in [0.05, 0.1) is 0 Å². The van der Waals surface area contributed by atoms with Crippen LogP contribution in [-0.2, 0) is 0 Å². The van der Waals surface area contributed by atoms with Gasteiger partial charge in [-0.25, -0.2) is 4.39 Å². The van der Waals surface area contributed by atoms with Crippen molar-refractivity contribution in [2.24, 2.45) is 5.73 Å². The molecular weight excluding hydrogens is 274 g/mol. The highest BCUT2D eigenvalue weighted by Gasteiger charge is 2.31. The molecule has 0 amide bonds. The monoisotopic (exact) mass is 293 g/mol. The third-order valence-electron chi connectivity index (χ3n) is 2.87. The van der Waals surface area contributed by atoms with E-state index in [1.807, 2.05) is 13.8 Å². The molecule has 0 heterocycles. The summed E-state index contributed by atoms with van der Waals surface area (Å²) in [6.07, 6.45) is -5.46. The van der Waals surface area contributed by atoms with Crippen LogP contribution in [0.25, 0.3) is 0 Å². The molecule has 0 spiro atoms. The minimum atomic E-state index is -4.78. The summed E-state index contributed by atoms with van der Waals surface area (Å²) in [6, 6.07) is 3.97. The van der Waals surface area contributed by atoms with Crippen molar-refractivity contribution in [2.45, 2.75) is 45.1 Å². The van der Waals surface area contributed by atoms with E-state index in [1.165, 1.54) is 6.07 Å². The Hall–Kier alpha value is -1.30. The van der Waals surface area contributed by atoms with E-state index >= 15 is 0 Å². The molecule has 6 heteroatoms. The quantitative estimate of drug-likeness (QED) is 0.786. The largest absolute Gasteiger partial charge is 0.573 e. The van der Waals surface area contributed by atoms with E-state index in [2.05, 4.69) is 4.74 Å². The zero-order valence-electron chi connectivity index (χ0n) is 11.5. The standard InChI is InChI=1S/C14H19F4NO/c1-9(2)10-6-11(13(15)4-3-5-19)8-12(7-10)20-14(16,17)18/h6-9,13H,3-5,19H2,1-2H3/t13-/m0/s1. The zero-order chi connectivity index (χ0) is 15.3. The molecular formula is C14H19F4NO. The number of halogens is 4. The van der Waals surface area contributed by atoms with Crippen LogP contribution < -0.4 is 10.5 Å². The predicted molar refractivity (Wildman–Crippen MR) is 69.4 cm³/mol. The van der Waals surface area contributed by atoms with Crippen LogP contribution in [0.2, 0.25) is 0 Å². The normalized spacial score (nSPS) is 13.6. The smallest absolute Gasteiger partial charge is 0.406 e. The van der Waals surface area contributed by atoms with Gasteiger partial charge in [-0.05, 0) is 48.6 Å². The minimum Gasteiger partial charge on any atom is -0.406 e. The minimum absolute atomic E-state index is 0.0211. The van der Waals surface area contributed by atoms with Crippen LogP contribution in [0.4, 0.5) is 17.6 Å². The van der Waals surface area contributed by atoms with E-state index in [9.17, 15) is 17.6 Å². The van der Waals surface area contributed by atoms with Crippen LogP contribution in [0.5, 0.6) is 5.75 Å². The topological polar surface area (TPSA) is 35.2 Å². The molecule has 0 bridgehead atoms. The van der Waals surface area contributed by atoms with Crippen LogP contribution in [0, 0.1) is 0 Å². The highest BCUT2D eigenvalue weighted by atomic mass is 19.4. The van der Waals surface area contributed by atoms with Crippen molar-refractivity contribution in [1.29, 1.82) is 0 Å². The number of alkyl halides is 4. The highest BCUT2D eigenvalue weighted by molar-refractivity contribution is 5.37. The van der Waals surface area contributed by atoms with Crippen LogP contribution in [0.3, 0.4) is 0 Å². The lowest BCUT2D eigenvalue weighted by Crippen LogP contribution is -2.17. The number of benzene rings is 1. The van der Waals surface area contributed by atoms with Crippen molar-refractivity contribution in [3.63, 3.8) is 0 Å². The van der Waals surface area contributed by atoms with Gasteiger partial charge in [-0.3, -0.25) is 0 Å². The summed E-state index contributed by atoms with van der Waals surface area (Å²) in [7, 11) is 0. The number of rotatable bonds is 6. The maximum absolute atomic E-state index is 14.0. The highest BCUT2D eigenvalue weighted by Crippen LogP contribution is 2.32. The molecule has 0 fully saturated rings. The van der Waals surface area contributed by atoms with Crippen molar-refractivity contribution in [2.75, 3.05) is 6.54 Å². The second kappa shape index (κ2) is 6.92. The maximum Gasteiger partial charge on any atom is 0.573 e. The van der Waals surface area contributed by atoms with E-state index in [-0.39, 0.29) is 23.7 Å². The van der Waals surface area contributed by atoms with Crippen molar-refractivity contribution in [3.8, 4) is 5.75 Å². The van der Waals surface area contributed by atoms with Crippen molar-refractivity contribution in [1.82, 2.24) is 0 Å². The predicted octanol–water partition coefficient (Wildman–Crippen LogP) is 4.46. The molecule has 1 aromatic rings. The van der Waals surface area contributed by atoms with E-state index in [4.69, 9.17) is 5.73 Å². The molecule has 2 nitrogen and oxygen atoms in total. The maximum atomic E-state index is 14.0. The van der Waals surface area contributed by atoms with Gasteiger partial charge in [-0.15, -0.1) is 13.2 Å². The van der Waals surface area contributed by atoms with Crippen molar-refractivity contribution >= 4 is 0 Å². The summed E-state index contributed by atoms with van der Waals surface area (Å²) in [5, 5.41) is 0. The molecule has 1 rings (SSSR count). The Bertz CT molecular complexity index is 432. The molecule has 0 radical (unpaired) electrons. The van der Waals surface area contributed by atoms with Crippen molar-refractivity contribution < 1.29 is 22.3 Å². The molecule has 20 heavy (non-hydrogen) atoms. The molecule has 0 aliphatic rings. The van der Waals surface area contributed by atoms with Crippen LogP contribution in [0.1, 0.15) is 49.9 Å². The fourth-order valence-corrected chi connectivity index (χ4v) is 1.82. The average Bonchev–Trinajstić information content (AvgIpc) is 2.33. The first-order valence-electron chi connectivity index (χ1n) is 6.47. The van der Waals surface area contributed by atoms with Crippen molar-refractivity contribution in [3.05, 3.63) is 29.3 Å². The van der Waals surface area contributed by atoms with E-state index < -0.39 is 12.5 Å². The molecule has 1 aromatic carbocycles. The van der Waals surface area contributed by atoms with Gasteiger partial charge in [0.15, 0.2) is 0 Å². The first-order chi connectivity index (χ1) is 9.23. The molecule has 0 unspecified atom stereocenters. The zero-order valence-corrected chi connectivity index (χ0v) is 11.5. The second-order valence-electron chi connectivity index (χ2n) is 4.94. The Morgan fingerprint density at radius 2 is 1.75 bits per heavy atom. The first kappa shape index (κ1) is 16.8. The van der Waals surface area contributed by atoms with Gasteiger partial charge in [0, 0.05) is 0 Å². The van der Waals surface area contributed by atoms with Gasteiger partial charge in [0.2, 0.25) is 0 Å². The van der Waals surface area contributed by atoms with E-state index in [1.54, 1.807) is 6.07 Å². The lowest BCUT2D eigenvalue weighted by molar-refractivity contribution is -0.274. The number of ether oxygens (including phenoxy) is 1. The molecule has 0 aliphatic carbocycles. The second-order valence-corrected chi connectivity index (χ2v) is 4.94. The fraction of sp³-hybridized carbons (Fsp3) is 0.571. The first-order valence-corrected chi connectivity index (χ1v) is 6.47. The van der Waals surface area contributed by atoms with Gasteiger partial charge in [0.1, 0.15) is 11.9 Å². The Balaban J connectivity index is 3.04. The van der Waals surface area contributed by atoms with E-state index in [0.29, 0.717) is 18.5 Å². The molecule has 0 saturated heterocycles. The molecule has 0 aromatic heterocycles. The molecule has 114 valence electrons. The lowest BCUT2D eigenvalue weighted by Gasteiger charge is -2.16. The number of hydrogen-bond acceptors (Lipinski definition) is 2. The van der Waals surface area contributed by atoms with Gasteiger partial charge in [-0.2, -0.15) is 0 Å². The summed E-state index contributed by atoms with van der Waals surface area (Å²) in [4.78, 5) is 0. The molecule has 2 N–H and O–H groups in total. The number of nitrogens with two attached hydrogens (primary N) is 1. The van der Waals surface area contributed by atoms with Crippen LogP contribution in [-0.4, -0.2) is 12.9 Å². The Labute approximate surface area is 115 Å². The third kappa shape index (κ3) is 5.36. The Morgan fingerprint density at radius 1 is 1.15 bits per heavy atom. The summed E-state index contributed by atoms with van der Waals surface area (Å²) in [6.45, 7) is 3.99. The van der Waals surface area contributed by atoms with Crippen LogP contribution >= 0.6 is 0 Å². The Morgan fingerprint density at radius 3 is 2.25 bits per heavy atom. The molecule has 1 atom stereocenters. The van der Waals surface area contributed by atoms with Gasteiger partial charge in [0.25, 0.3) is 0 Å². The summed E-state index contributed by atoms with van der Waals surface area (Å²) >= 11 is 0. The summed E-state index contributed by atoms with van der Waals surface area (Å²) < 4.78 is 54.7. The van der Waals surface area contributed by atoms with Gasteiger partial charge in [-0.1, -0.05) is 19.9 Å². The SMILES string of the molecule is CC(C)c1cc(OC(F)(F)F)cc([C@@H](F)CCCN)c1. The van der Waals surface area contributed by atoms with Gasteiger partial charge < -0.3 is 10.5 Å². The lowest BCUT2D eigenvalue weighted by atomic mass is 9.97.